The van der Waals surface area contributed by atoms with Crippen molar-refractivity contribution in [2.75, 3.05) is 0 Å². The summed E-state index contributed by atoms with van der Waals surface area (Å²) < 4.78 is 1.01. The summed E-state index contributed by atoms with van der Waals surface area (Å²) in [7, 11) is 0. The van der Waals surface area contributed by atoms with E-state index in [0.29, 0.717) is 0 Å². The zero-order chi connectivity index (χ0) is 9.97. The van der Waals surface area contributed by atoms with Gasteiger partial charge in [0.2, 0.25) is 0 Å². The lowest BCUT2D eigenvalue weighted by Crippen LogP contribution is -1.90. The summed E-state index contributed by atoms with van der Waals surface area (Å²) in [4.78, 5) is 0. The molecule has 0 fully saturated rings. The molecule has 0 radical (unpaired) electrons. The molecule has 2 aromatic rings. The zero-order valence-electron chi connectivity index (χ0n) is 7.70. The zero-order valence-corrected chi connectivity index (χ0v) is 10.7. The molecule has 0 aliphatic carbocycles. The fraction of sp³-hybridized carbons (Fsp3) is 0.200. The maximum Gasteiger partial charge on any atom is 0.178 e. The maximum absolute atomic E-state index is 4.11. The molecule has 0 atom stereocenters. The molecule has 0 saturated carbocycles. The van der Waals surface area contributed by atoms with Crippen LogP contribution in [0.3, 0.4) is 0 Å². The number of nitrogens with zero attached hydrogens (tertiary/aromatic N) is 2. The van der Waals surface area contributed by atoms with Crippen LogP contribution in [-0.4, -0.2) is 10.2 Å². The van der Waals surface area contributed by atoms with E-state index in [1.54, 1.807) is 11.3 Å². The van der Waals surface area contributed by atoms with Gasteiger partial charge in [-0.25, -0.2) is 0 Å². The Labute approximate surface area is 101 Å². The first kappa shape index (κ1) is 10.0. The largest absolute Gasteiger partial charge is 0.178 e. The quantitative estimate of drug-likeness (QED) is 0.796. The molecule has 0 spiro atoms. The standard InChI is InChI=1S/C10H9IN2S/c1-7-4-2-3-5-8(7)6-9-12-13-10(11)14-9/h2-5H,6H2,1H3. The highest BCUT2D eigenvalue weighted by Gasteiger charge is 2.04. The van der Waals surface area contributed by atoms with Gasteiger partial charge in [-0.05, 0) is 40.6 Å². The summed E-state index contributed by atoms with van der Waals surface area (Å²) in [6.45, 7) is 2.13. The van der Waals surface area contributed by atoms with E-state index in [2.05, 4.69) is 64.0 Å². The van der Waals surface area contributed by atoms with Crippen molar-refractivity contribution < 1.29 is 0 Å². The highest BCUT2D eigenvalue weighted by Crippen LogP contribution is 2.17. The van der Waals surface area contributed by atoms with Crippen molar-refractivity contribution in [2.45, 2.75) is 13.3 Å². The molecule has 0 aliphatic rings. The van der Waals surface area contributed by atoms with Crippen molar-refractivity contribution in [3.8, 4) is 0 Å². The highest BCUT2D eigenvalue weighted by molar-refractivity contribution is 14.1. The van der Waals surface area contributed by atoms with E-state index in [1.165, 1.54) is 11.1 Å². The van der Waals surface area contributed by atoms with Gasteiger partial charge in [-0.3, -0.25) is 0 Å². The predicted octanol–water partition coefficient (Wildman–Crippen LogP) is 3.04. The predicted molar refractivity (Wildman–Crippen MR) is 66.6 cm³/mol. The van der Waals surface area contributed by atoms with Gasteiger partial charge in [-0.2, -0.15) is 0 Å². The Balaban J connectivity index is 2.23. The van der Waals surface area contributed by atoms with Crippen LogP contribution in [-0.2, 0) is 6.42 Å². The Morgan fingerprint density at radius 1 is 1.29 bits per heavy atom. The molecule has 0 bridgehead atoms. The Kier molecular flexibility index (Phi) is 3.12. The first-order valence-electron chi connectivity index (χ1n) is 4.28. The molecule has 0 unspecified atom stereocenters. The molecule has 1 aromatic heterocycles. The van der Waals surface area contributed by atoms with Crippen LogP contribution in [0.25, 0.3) is 0 Å². The smallest absolute Gasteiger partial charge is 0.142 e. The summed E-state index contributed by atoms with van der Waals surface area (Å²) in [6, 6.07) is 8.39. The Hall–Kier alpha value is -0.490. The number of aromatic nitrogens is 2. The van der Waals surface area contributed by atoms with E-state index >= 15 is 0 Å². The van der Waals surface area contributed by atoms with Crippen LogP contribution in [0.15, 0.2) is 24.3 Å². The van der Waals surface area contributed by atoms with E-state index < -0.39 is 0 Å². The molecule has 0 aliphatic heterocycles. The minimum Gasteiger partial charge on any atom is -0.142 e. The van der Waals surface area contributed by atoms with Crippen LogP contribution in [0, 0.1) is 9.94 Å². The van der Waals surface area contributed by atoms with E-state index in [9.17, 15) is 0 Å². The third-order valence-corrected chi connectivity index (χ3v) is 3.63. The molecule has 2 rings (SSSR count). The van der Waals surface area contributed by atoms with Gasteiger partial charge in [-0.1, -0.05) is 35.6 Å². The molecular formula is C10H9IN2S. The second-order valence-electron chi connectivity index (χ2n) is 3.05. The van der Waals surface area contributed by atoms with Crippen LogP contribution in [0.4, 0.5) is 0 Å². The number of hydrogen-bond donors (Lipinski definition) is 0. The van der Waals surface area contributed by atoms with Gasteiger partial charge >= 0.3 is 0 Å². The summed E-state index contributed by atoms with van der Waals surface area (Å²) in [5, 5.41) is 9.20. The number of aryl methyl sites for hydroxylation is 1. The first-order valence-corrected chi connectivity index (χ1v) is 6.17. The number of halogens is 1. The van der Waals surface area contributed by atoms with Gasteiger partial charge in [0.25, 0.3) is 0 Å². The van der Waals surface area contributed by atoms with Gasteiger partial charge in [0, 0.05) is 6.42 Å². The fourth-order valence-corrected chi connectivity index (χ4v) is 2.73. The fourth-order valence-electron chi connectivity index (χ4n) is 1.28. The molecule has 4 heteroatoms. The van der Waals surface area contributed by atoms with Crippen LogP contribution < -0.4 is 0 Å². The number of rotatable bonds is 2. The summed E-state index contributed by atoms with van der Waals surface area (Å²) in [5.41, 5.74) is 2.65. The van der Waals surface area contributed by atoms with Crippen molar-refractivity contribution in [2.24, 2.45) is 0 Å². The topological polar surface area (TPSA) is 25.8 Å². The molecule has 1 aromatic carbocycles. The van der Waals surface area contributed by atoms with Crippen molar-refractivity contribution >= 4 is 33.9 Å². The Morgan fingerprint density at radius 2 is 2.07 bits per heavy atom. The summed E-state index contributed by atoms with van der Waals surface area (Å²) in [6.07, 6.45) is 0.896. The third-order valence-electron chi connectivity index (χ3n) is 2.05. The van der Waals surface area contributed by atoms with Crippen LogP contribution in [0.1, 0.15) is 16.1 Å². The van der Waals surface area contributed by atoms with Gasteiger partial charge in [0.15, 0.2) is 3.01 Å². The van der Waals surface area contributed by atoms with E-state index in [0.717, 1.165) is 14.4 Å². The summed E-state index contributed by atoms with van der Waals surface area (Å²) in [5.74, 6) is 0. The molecule has 1 heterocycles. The van der Waals surface area contributed by atoms with Gasteiger partial charge in [-0.15, -0.1) is 10.2 Å². The average molecular weight is 316 g/mol. The lowest BCUT2D eigenvalue weighted by molar-refractivity contribution is 0.987. The van der Waals surface area contributed by atoms with Crippen LogP contribution in [0.2, 0.25) is 0 Å². The van der Waals surface area contributed by atoms with E-state index in [4.69, 9.17) is 0 Å². The molecule has 2 nitrogen and oxygen atoms in total. The second-order valence-corrected chi connectivity index (χ2v) is 5.87. The average Bonchev–Trinajstić information content (AvgIpc) is 2.56. The molecule has 0 amide bonds. The lowest BCUT2D eigenvalue weighted by atomic mass is 10.1. The highest BCUT2D eigenvalue weighted by atomic mass is 127. The lowest BCUT2D eigenvalue weighted by Gasteiger charge is -2.01. The van der Waals surface area contributed by atoms with Gasteiger partial charge < -0.3 is 0 Å². The Bertz CT molecular complexity index is 439. The molecule has 14 heavy (non-hydrogen) atoms. The van der Waals surface area contributed by atoms with E-state index in [-0.39, 0.29) is 0 Å². The molecular weight excluding hydrogens is 307 g/mol. The van der Waals surface area contributed by atoms with Crippen molar-refractivity contribution in [3.05, 3.63) is 43.4 Å². The third kappa shape index (κ3) is 2.30. The molecule has 72 valence electrons. The number of benzene rings is 1. The minimum absolute atomic E-state index is 0.896. The molecule has 0 N–H and O–H groups in total. The molecule has 0 saturated heterocycles. The Morgan fingerprint density at radius 3 is 2.71 bits per heavy atom. The monoisotopic (exact) mass is 316 g/mol. The van der Waals surface area contributed by atoms with Gasteiger partial charge in [0.05, 0.1) is 0 Å². The van der Waals surface area contributed by atoms with Crippen LogP contribution in [0.5, 0.6) is 0 Å². The first-order chi connectivity index (χ1) is 6.75. The summed E-state index contributed by atoms with van der Waals surface area (Å²) >= 11 is 3.85. The van der Waals surface area contributed by atoms with E-state index in [1.807, 2.05) is 0 Å². The van der Waals surface area contributed by atoms with Crippen molar-refractivity contribution in [3.63, 3.8) is 0 Å². The number of hydrogen-bond acceptors (Lipinski definition) is 3. The maximum atomic E-state index is 4.11. The van der Waals surface area contributed by atoms with Crippen molar-refractivity contribution in [1.82, 2.24) is 10.2 Å². The minimum atomic E-state index is 0.896. The van der Waals surface area contributed by atoms with Crippen LogP contribution >= 0.6 is 33.9 Å². The normalized spacial score (nSPS) is 10.4. The van der Waals surface area contributed by atoms with Gasteiger partial charge in [0.1, 0.15) is 5.01 Å². The van der Waals surface area contributed by atoms with Crippen molar-refractivity contribution in [1.29, 1.82) is 0 Å². The SMILES string of the molecule is Cc1ccccc1Cc1nnc(I)s1. The second kappa shape index (κ2) is 4.35.